The Labute approximate surface area is 123 Å². The van der Waals surface area contributed by atoms with E-state index in [0.29, 0.717) is 6.54 Å². The van der Waals surface area contributed by atoms with Crippen LogP contribution in [-0.4, -0.2) is 30.9 Å². The number of aryl methyl sites for hydroxylation is 2. The Morgan fingerprint density at radius 3 is 2.86 bits per heavy atom. The van der Waals surface area contributed by atoms with Gasteiger partial charge in [-0.05, 0) is 44.4 Å². The quantitative estimate of drug-likeness (QED) is 0.697. The van der Waals surface area contributed by atoms with Gasteiger partial charge in [0.05, 0.1) is 17.9 Å². The van der Waals surface area contributed by atoms with Crippen molar-refractivity contribution in [2.24, 2.45) is 5.73 Å². The van der Waals surface area contributed by atoms with E-state index in [-0.39, 0.29) is 0 Å². The number of aromatic nitrogens is 5. The summed E-state index contributed by atoms with van der Waals surface area (Å²) >= 11 is 0. The first-order valence-corrected chi connectivity index (χ1v) is 7.28. The molecule has 0 bridgehead atoms. The average Bonchev–Trinajstić information content (AvgIpc) is 3.05. The summed E-state index contributed by atoms with van der Waals surface area (Å²) in [5.41, 5.74) is 9.67. The zero-order chi connectivity index (χ0) is 14.7. The molecule has 0 spiro atoms. The van der Waals surface area contributed by atoms with Crippen molar-refractivity contribution in [2.75, 3.05) is 6.54 Å². The van der Waals surface area contributed by atoms with Crippen LogP contribution in [0.25, 0.3) is 5.65 Å². The van der Waals surface area contributed by atoms with Crippen molar-refractivity contribution in [3.05, 3.63) is 47.7 Å². The van der Waals surface area contributed by atoms with Gasteiger partial charge in [0.1, 0.15) is 5.65 Å². The lowest BCUT2D eigenvalue weighted by atomic mass is 10.2. The molecule has 0 radical (unpaired) electrons. The third-order valence-corrected chi connectivity index (χ3v) is 3.45. The molecule has 0 aliphatic rings. The zero-order valence-electron chi connectivity index (χ0n) is 12.2. The maximum Gasteiger partial charge on any atom is 0.137 e. The number of pyridine rings is 1. The molecule has 0 aromatic carbocycles. The van der Waals surface area contributed by atoms with Crippen LogP contribution in [0.2, 0.25) is 0 Å². The Hall–Kier alpha value is -2.21. The minimum atomic E-state index is 0.643. The highest BCUT2D eigenvalue weighted by molar-refractivity contribution is 5.41. The van der Waals surface area contributed by atoms with Crippen molar-refractivity contribution < 1.29 is 0 Å². The summed E-state index contributed by atoms with van der Waals surface area (Å²) in [4.78, 5) is 4.59. The molecule has 0 saturated heterocycles. The van der Waals surface area contributed by atoms with Gasteiger partial charge in [-0.25, -0.2) is 9.67 Å². The maximum atomic E-state index is 5.50. The molecule has 3 heterocycles. The lowest BCUT2D eigenvalue weighted by Gasteiger charge is -1.95. The molecule has 110 valence electrons. The van der Waals surface area contributed by atoms with Gasteiger partial charge < -0.3 is 10.1 Å². The van der Waals surface area contributed by atoms with Crippen molar-refractivity contribution in [1.82, 2.24) is 24.4 Å². The zero-order valence-corrected chi connectivity index (χ0v) is 12.2. The number of unbranched alkanes of at least 4 members (excludes halogenated alkanes) is 1. The first-order chi connectivity index (χ1) is 10.2. The van der Waals surface area contributed by atoms with Crippen molar-refractivity contribution in [3.63, 3.8) is 0 Å². The first kappa shape index (κ1) is 13.8. The Balaban J connectivity index is 1.70. The highest BCUT2D eigenvalue weighted by Crippen LogP contribution is 2.09. The van der Waals surface area contributed by atoms with E-state index in [1.54, 1.807) is 0 Å². The number of nitrogens with two attached hydrogens (primary N) is 1. The van der Waals surface area contributed by atoms with Crippen molar-refractivity contribution in [2.45, 2.75) is 32.7 Å². The fraction of sp³-hybridized carbons (Fsp3) is 0.400. The fourth-order valence-corrected chi connectivity index (χ4v) is 2.38. The molecule has 6 nitrogen and oxygen atoms in total. The van der Waals surface area contributed by atoms with Crippen LogP contribution >= 0.6 is 0 Å². The van der Waals surface area contributed by atoms with Crippen molar-refractivity contribution in [3.8, 4) is 0 Å². The minimum Gasteiger partial charge on any atom is -0.330 e. The van der Waals surface area contributed by atoms with E-state index in [4.69, 9.17) is 5.73 Å². The SMILES string of the molecule is Cc1ccc2nc(Cn3cc(CCCCN)nn3)cn2c1. The molecule has 3 aromatic rings. The average molecular weight is 284 g/mol. The van der Waals surface area contributed by atoms with E-state index >= 15 is 0 Å². The molecule has 0 atom stereocenters. The summed E-state index contributed by atoms with van der Waals surface area (Å²) in [5.74, 6) is 0. The van der Waals surface area contributed by atoms with Crippen LogP contribution in [0.4, 0.5) is 0 Å². The van der Waals surface area contributed by atoms with E-state index in [2.05, 4.69) is 34.5 Å². The molecule has 3 rings (SSSR count). The van der Waals surface area contributed by atoms with E-state index in [0.717, 1.165) is 42.8 Å². The van der Waals surface area contributed by atoms with Crippen molar-refractivity contribution in [1.29, 1.82) is 0 Å². The molecular formula is C15H20N6. The van der Waals surface area contributed by atoms with Gasteiger partial charge >= 0.3 is 0 Å². The van der Waals surface area contributed by atoms with Crippen LogP contribution in [0.5, 0.6) is 0 Å². The molecule has 3 aromatic heterocycles. The second-order valence-electron chi connectivity index (χ2n) is 5.36. The number of rotatable bonds is 6. The van der Waals surface area contributed by atoms with Gasteiger partial charge in [0.25, 0.3) is 0 Å². The molecule has 0 aliphatic carbocycles. The van der Waals surface area contributed by atoms with Gasteiger partial charge in [-0.15, -0.1) is 5.10 Å². The first-order valence-electron chi connectivity index (χ1n) is 7.28. The summed E-state index contributed by atoms with van der Waals surface area (Å²) < 4.78 is 3.89. The van der Waals surface area contributed by atoms with Gasteiger partial charge in [-0.3, -0.25) is 0 Å². The Morgan fingerprint density at radius 1 is 1.10 bits per heavy atom. The summed E-state index contributed by atoms with van der Waals surface area (Å²) in [5, 5.41) is 8.35. The van der Waals surface area contributed by atoms with Gasteiger partial charge in [-0.2, -0.15) is 0 Å². The topological polar surface area (TPSA) is 74.0 Å². The summed E-state index contributed by atoms with van der Waals surface area (Å²) in [7, 11) is 0. The van der Waals surface area contributed by atoms with Gasteiger partial charge in [0, 0.05) is 18.6 Å². The predicted octanol–water partition coefficient (Wildman–Crippen LogP) is 1.56. The number of fused-ring (bicyclic) bond motifs is 1. The molecule has 0 amide bonds. The van der Waals surface area contributed by atoms with E-state index in [9.17, 15) is 0 Å². The second kappa shape index (κ2) is 6.05. The summed E-state index contributed by atoms with van der Waals surface area (Å²) in [6.45, 7) is 3.45. The molecule has 0 fully saturated rings. The summed E-state index contributed by atoms with van der Waals surface area (Å²) in [6.07, 6.45) is 9.12. The standard InChI is InChI=1S/C15H20N6/c1-12-5-6-15-17-14(9-20(15)8-12)11-21-10-13(18-19-21)4-2-3-7-16/h5-6,8-10H,2-4,7,11,16H2,1H3. The van der Waals surface area contributed by atoms with E-state index in [1.165, 1.54) is 5.56 Å². The summed E-state index contributed by atoms with van der Waals surface area (Å²) in [6, 6.07) is 4.09. The van der Waals surface area contributed by atoms with Crippen LogP contribution in [0.3, 0.4) is 0 Å². The van der Waals surface area contributed by atoms with Crippen LogP contribution in [-0.2, 0) is 13.0 Å². The maximum absolute atomic E-state index is 5.50. The monoisotopic (exact) mass is 284 g/mol. The molecular weight excluding hydrogens is 264 g/mol. The van der Waals surface area contributed by atoms with Crippen LogP contribution in [0.15, 0.2) is 30.7 Å². The Morgan fingerprint density at radius 2 is 2.00 bits per heavy atom. The second-order valence-corrected chi connectivity index (χ2v) is 5.36. The van der Waals surface area contributed by atoms with Gasteiger partial charge in [0.15, 0.2) is 0 Å². The Bertz CT molecular complexity index is 727. The van der Waals surface area contributed by atoms with Crippen LogP contribution in [0.1, 0.15) is 29.8 Å². The van der Waals surface area contributed by atoms with Gasteiger partial charge in [-0.1, -0.05) is 11.3 Å². The van der Waals surface area contributed by atoms with Gasteiger partial charge in [0.2, 0.25) is 0 Å². The molecule has 2 N–H and O–H groups in total. The van der Waals surface area contributed by atoms with E-state index in [1.807, 2.05) is 27.5 Å². The fourth-order valence-electron chi connectivity index (χ4n) is 2.38. The third-order valence-electron chi connectivity index (χ3n) is 3.45. The Kier molecular flexibility index (Phi) is 3.96. The molecule has 21 heavy (non-hydrogen) atoms. The number of imidazole rings is 1. The third kappa shape index (κ3) is 3.28. The smallest absolute Gasteiger partial charge is 0.137 e. The van der Waals surface area contributed by atoms with Crippen molar-refractivity contribution >= 4 is 5.65 Å². The highest BCUT2D eigenvalue weighted by Gasteiger charge is 2.05. The van der Waals surface area contributed by atoms with Crippen LogP contribution in [0, 0.1) is 6.92 Å². The molecule has 0 aliphatic heterocycles. The minimum absolute atomic E-state index is 0.643. The van der Waals surface area contributed by atoms with E-state index < -0.39 is 0 Å². The lowest BCUT2D eigenvalue weighted by molar-refractivity contribution is 0.640. The van der Waals surface area contributed by atoms with Crippen LogP contribution < -0.4 is 5.73 Å². The molecule has 6 heteroatoms. The number of hydrogen-bond donors (Lipinski definition) is 1. The molecule has 0 unspecified atom stereocenters. The number of hydrogen-bond acceptors (Lipinski definition) is 4. The highest BCUT2D eigenvalue weighted by atomic mass is 15.4. The largest absolute Gasteiger partial charge is 0.330 e. The normalized spacial score (nSPS) is 11.3. The predicted molar refractivity (Wildman–Crippen MR) is 81.0 cm³/mol. The molecule has 0 saturated carbocycles. The number of nitrogens with zero attached hydrogens (tertiary/aromatic N) is 5. The lowest BCUT2D eigenvalue weighted by Crippen LogP contribution is -2.00.